The first kappa shape index (κ1) is 15.7. The molecule has 0 aromatic heterocycles. The van der Waals surface area contributed by atoms with Crippen molar-refractivity contribution in [1.82, 2.24) is 0 Å². The summed E-state index contributed by atoms with van der Waals surface area (Å²) in [5.41, 5.74) is 0. The molecule has 2 heteroatoms. The van der Waals surface area contributed by atoms with Crippen molar-refractivity contribution in [2.24, 2.45) is 0 Å². The topological polar surface area (TPSA) is 17.1 Å². The highest BCUT2D eigenvalue weighted by molar-refractivity contribution is 6.66. The molecule has 0 spiro atoms. The van der Waals surface area contributed by atoms with Crippen LogP contribution in [0.1, 0.15) is 71.1 Å². The first-order valence-corrected chi connectivity index (χ1v) is 7.01. The molecule has 0 aliphatic rings. The molecule has 94 valence electrons. The van der Waals surface area contributed by atoms with E-state index in [4.69, 9.17) is 11.6 Å². The first-order valence-electron chi connectivity index (χ1n) is 6.63. The molecule has 0 heterocycles. The molecule has 0 fully saturated rings. The predicted molar refractivity (Wildman–Crippen MR) is 71.8 cm³/mol. The van der Waals surface area contributed by atoms with E-state index in [9.17, 15) is 4.79 Å². The lowest BCUT2D eigenvalue weighted by atomic mass is 10.1. The van der Waals surface area contributed by atoms with Gasteiger partial charge in [-0.25, -0.2) is 0 Å². The molecule has 0 aliphatic heterocycles. The summed E-state index contributed by atoms with van der Waals surface area (Å²) < 4.78 is 0. The highest BCUT2D eigenvalue weighted by Crippen LogP contribution is 2.10. The van der Waals surface area contributed by atoms with Gasteiger partial charge in [-0.15, -0.1) is 0 Å². The maximum atomic E-state index is 10.4. The van der Waals surface area contributed by atoms with Crippen LogP contribution in [0.5, 0.6) is 0 Å². The SMILES string of the molecule is CCCCCCCCCCCC=CC(=O)Cl. The van der Waals surface area contributed by atoms with Crippen molar-refractivity contribution in [1.29, 1.82) is 0 Å². The van der Waals surface area contributed by atoms with Crippen LogP contribution in [0.2, 0.25) is 0 Å². The van der Waals surface area contributed by atoms with Gasteiger partial charge in [0.1, 0.15) is 0 Å². The number of allylic oxidation sites excluding steroid dienone is 2. The van der Waals surface area contributed by atoms with Gasteiger partial charge in [0, 0.05) is 0 Å². The zero-order chi connectivity index (χ0) is 12.1. The molecule has 0 N–H and O–H groups in total. The van der Waals surface area contributed by atoms with Gasteiger partial charge in [-0.2, -0.15) is 0 Å². The molecule has 0 unspecified atom stereocenters. The Labute approximate surface area is 105 Å². The Morgan fingerprint density at radius 1 is 0.938 bits per heavy atom. The molecule has 0 aromatic rings. The lowest BCUT2D eigenvalue weighted by molar-refractivity contribution is -0.107. The van der Waals surface area contributed by atoms with E-state index in [1.807, 2.05) is 6.08 Å². The molecule has 16 heavy (non-hydrogen) atoms. The maximum absolute atomic E-state index is 10.4. The van der Waals surface area contributed by atoms with Gasteiger partial charge < -0.3 is 0 Å². The lowest BCUT2D eigenvalue weighted by Gasteiger charge is -2.00. The van der Waals surface area contributed by atoms with Crippen LogP contribution in [-0.4, -0.2) is 5.24 Å². The summed E-state index contributed by atoms with van der Waals surface area (Å²) in [5, 5.41) is -0.365. The summed E-state index contributed by atoms with van der Waals surface area (Å²) in [7, 11) is 0. The van der Waals surface area contributed by atoms with Gasteiger partial charge in [0.2, 0.25) is 5.24 Å². The van der Waals surface area contributed by atoms with Crippen LogP contribution in [0.3, 0.4) is 0 Å². The second kappa shape index (κ2) is 12.8. The third kappa shape index (κ3) is 13.7. The lowest BCUT2D eigenvalue weighted by Crippen LogP contribution is -1.81. The van der Waals surface area contributed by atoms with E-state index in [1.165, 1.54) is 63.9 Å². The summed E-state index contributed by atoms with van der Waals surface area (Å²) in [5.74, 6) is 0. The summed E-state index contributed by atoms with van der Waals surface area (Å²) in [6.45, 7) is 2.25. The van der Waals surface area contributed by atoms with Crippen molar-refractivity contribution in [2.45, 2.75) is 71.1 Å². The highest BCUT2D eigenvalue weighted by Gasteiger charge is 1.91. The first-order chi connectivity index (χ1) is 7.77. The van der Waals surface area contributed by atoms with E-state index in [0.717, 1.165) is 6.42 Å². The van der Waals surface area contributed by atoms with Crippen molar-refractivity contribution in [3.05, 3.63) is 12.2 Å². The molecule has 0 amide bonds. The number of halogens is 1. The molecule has 1 nitrogen and oxygen atoms in total. The Hall–Kier alpha value is -0.300. The molecule has 0 aliphatic carbocycles. The molecule has 0 rings (SSSR count). The average Bonchev–Trinajstić information content (AvgIpc) is 2.25. The third-order valence-electron chi connectivity index (χ3n) is 2.72. The fourth-order valence-corrected chi connectivity index (χ4v) is 1.84. The van der Waals surface area contributed by atoms with Crippen LogP contribution in [0.15, 0.2) is 12.2 Å². The second-order valence-electron chi connectivity index (χ2n) is 4.32. The number of carbonyl (C=O) groups is 1. The van der Waals surface area contributed by atoms with E-state index in [-0.39, 0.29) is 5.24 Å². The van der Waals surface area contributed by atoms with Gasteiger partial charge in [0.05, 0.1) is 0 Å². The molecule has 0 radical (unpaired) electrons. The minimum atomic E-state index is -0.365. The van der Waals surface area contributed by atoms with Crippen LogP contribution in [0.25, 0.3) is 0 Å². The van der Waals surface area contributed by atoms with Crippen molar-refractivity contribution < 1.29 is 4.79 Å². The monoisotopic (exact) mass is 244 g/mol. The predicted octanol–water partition coefficient (Wildman–Crippen LogP) is 5.23. The van der Waals surface area contributed by atoms with Crippen molar-refractivity contribution in [3.63, 3.8) is 0 Å². The fraction of sp³-hybridized carbons (Fsp3) is 0.786. The molecular weight excluding hydrogens is 220 g/mol. The zero-order valence-electron chi connectivity index (χ0n) is 10.5. The van der Waals surface area contributed by atoms with Crippen LogP contribution in [0.4, 0.5) is 0 Å². The van der Waals surface area contributed by atoms with Gasteiger partial charge in [0.15, 0.2) is 0 Å². The van der Waals surface area contributed by atoms with Gasteiger partial charge in [-0.1, -0.05) is 64.4 Å². The van der Waals surface area contributed by atoms with Crippen molar-refractivity contribution in [3.8, 4) is 0 Å². The Kier molecular flexibility index (Phi) is 12.5. The maximum Gasteiger partial charge on any atom is 0.244 e. The Morgan fingerprint density at radius 2 is 1.44 bits per heavy atom. The summed E-state index contributed by atoms with van der Waals surface area (Å²) in [4.78, 5) is 10.4. The minimum Gasteiger partial charge on any atom is -0.276 e. The van der Waals surface area contributed by atoms with Crippen molar-refractivity contribution in [2.75, 3.05) is 0 Å². The zero-order valence-corrected chi connectivity index (χ0v) is 11.3. The molecule has 0 aromatic carbocycles. The van der Waals surface area contributed by atoms with Crippen molar-refractivity contribution >= 4 is 16.8 Å². The number of rotatable bonds is 11. The number of hydrogen-bond acceptors (Lipinski definition) is 1. The number of carbonyl (C=O) groups excluding carboxylic acids is 1. The molecule has 0 atom stereocenters. The molecule has 0 saturated carbocycles. The molecular formula is C14H25ClO. The van der Waals surface area contributed by atoms with Crippen LogP contribution >= 0.6 is 11.6 Å². The van der Waals surface area contributed by atoms with Crippen LogP contribution in [0, 0.1) is 0 Å². The van der Waals surface area contributed by atoms with E-state index < -0.39 is 0 Å². The molecule has 0 bridgehead atoms. The van der Waals surface area contributed by atoms with Gasteiger partial charge in [0.25, 0.3) is 0 Å². The number of unbranched alkanes of at least 4 members (excludes halogenated alkanes) is 9. The summed E-state index contributed by atoms with van der Waals surface area (Å²) >= 11 is 5.18. The number of hydrogen-bond donors (Lipinski definition) is 0. The Bertz CT molecular complexity index is 187. The molecule has 0 saturated heterocycles. The summed E-state index contributed by atoms with van der Waals surface area (Å²) in [6, 6.07) is 0. The Balaban J connectivity index is 3.01. The van der Waals surface area contributed by atoms with Gasteiger partial charge in [-0.05, 0) is 30.5 Å². The Morgan fingerprint density at radius 3 is 1.94 bits per heavy atom. The summed E-state index contributed by atoms with van der Waals surface area (Å²) in [6.07, 6.45) is 16.3. The standard InChI is InChI=1S/C14H25ClO/c1-2-3-4-5-6-7-8-9-10-11-12-13-14(15)16/h12-13H,2-11H2,1H3. The largest absolute Gasteiger partial charge is 0.276 e. The van der Waals surface area contributed by atoms with E-state index in [1.54, 1.807) is 0 Å². The fourth-order valence-electron chi connectivity index (χ4n) is 1.75. The third-order valence-corrected chi connectivity index (χ3v) is 2.85. The second-order valence-corrected chi connectivity index (χ2v) is 4.70. The van der Waals surface area contributed by atoms with Gasteiger partial charge >= 0.3 is 0 Å². The van der Waals surface area contributed by atoms with Crippen LogP contribution < -0.4 is 0 Å². The quantitative estimate of drug-likeness (QED) is 0.276. The average molecular weight is 245 g/mol. The van der Waals surface area contributed by atoms with E-state index in [0.29, 0.717) is 0 Å². The normalized spacial score (nSPS) is 11.1. The van der Waals surface area contributed by atoms with E-state index >= 15 is 0 Å². The van der Waals surface area contributed by atoms with Crippen LogP contribution in [-0.2, 0) is 4.79 Å². The van der Waals surface area contributed by atoms with Gasteiger partial charge in [-0.3, -0.25) is 4.79 Å². The van der Waals surface area contributed by atoms with E-state index in [2.05, 4.69) is 6.92 Å². The smallest absolute Gasteiger partial charge is 0.244 e. The minimum absolute atomic E-state index is 0.365. The highest BCUT2D eigenvalue weighted by atomic mass is 35.5.